The molecule has 0 amide bonds. The van der Waals surface area contributed by atoms with Crippen molar-refractivity contribution in [1.82, 2.24) is 0 Å². The molecule has 2 unspecified atom stereocenters. The van der Waals surface area contributed by atoms with Gasteiger partial charge in [0, 0.05) is 11.4 Å². The minimum atomic E-state index is -0.00782. The molecule has 1 aliphatic heterocycles. The standard InChI is InChI=1S/C9H15NOS2/c1-4-5-11-8-7(6-10)12-13-9(8,2)3/h7-8H,4-5H2,1-3H3. The zero-order chi connectivity index (χ0) is 9.90. The maximum absolute atomic E-state index is 8.90. The van der Waals surface area contributed by atoms with Crippen LogP contribution >= 0.6 is 21.6 Å². The fraction of sp³-hybridized carbons (Fsp3) is 0.889. The number of hydrogen-bond acceptors (Lipinski definition) is 4. The van der Waals surface area contributed by atoms with Crippen molar-refractivity contribution in [3.05, 3.63) is 0 Å². The van der Waals surface area contributed by atoms with Gasteiger partial charge in [0.15, 0.2) is 0 Å². The Balaban J connectivity index is 2.59. The van der Waals surface area contributed by atoms with Crippen LogP contribution in [0.5, 0.6) is 0 Å². The minimum Gasteiger partial charge on any atom is -0.374 e. The average molecular weight is 217 g/mol. The van der Waals surface area contributed by atoms with Crippen molar-refractivity contribution in [2.24, 2.45) is 0 Å². The predicted molar refractivity (Wildman–Crippen MR) is 58.7 cm³/mol. The van der Waals surface area contributed by atoms with E-state index in [1.165, 1.54) is 0 Å². The van der Waals surface area contributed by atoms with Crippen molar-refractivity contribution in [2.45, 2.75) is 43.3 Å². The van der Waals surface area contributed by atoms with Gasteiger partial charge < -0.3 is 4.74 Å². The van der Waals surface area contributed by atoms with Crippen LogP contribution in [-0.2, 0) is 4.74 Å². The predicted octanol–water partition coefficient (Wildman–Crippen LogP) is 2.85. The van der Waals surface area contributed by atoms with Crippen LogP contribution < -0.4 is 0 Å². The molecular formula is C9H15NOS2. The van der Waals surface area contributed by atoms with E-state index in [1.54, 1.807) is 21.6 Å². The molecule has 0 saturated carbocycles. The van der Waals surface area contributed by atoms with Gasteiger partial charge in [-0.2, -0.15) is 5.26 Å². The minimum absolute atomic E-state index is 0.00782. The summed E-state index contributed by atoms with van der Waals surface area (Å²) >= 11 is 0. The quantitative estimate of drug-likeness (QED) is 0.681. The first-order chi connectivity index (χ1) is 6.11. The van der Waals surface area contributed by atoms with Gasteiger partial charge in [0.05, 0.1) is 12.2 Å². The second-order valence-electron chi connectivity index (χ2n) is 3.62. The summed E-state index contributed by atoms with van der Waals surface area (Å²) in [6, 6.07) is 2.30. The van der Waals surface area contributed by atoms with Crippen LogP contribution in [0.25, 0.3) is 0 Å². The van der Waals surface area contributed by atoms with E-state index < -0.39 is 0 Å². The highest BCUT2D eigenvalue weighted by Gasteiger charge is 2.44. The number of hydrogen-bond donors (Lipinski definition) is 0. The summed E-state index contributed by atoms with van der Waals surface area (Å²) < 4.78 is 5.78. The van der Waals surface area contributed by atoms with Gasteiger partial charge in [0.2, 0.25) is 0 Å². The number of rotatable bonds is 3. The Bertz CT molecular complexity index is 212. The van der Waals surface area contributed by atoms with Crippen LogP contribution in [0.3, 0.4) is 0 Å². The normalized spacial score (nSPS) is 31.5. The molecule has 2 atom stereocenters. The lowest BCUT2D eigenvalue weighted by molar-refractivity contribution is 0.0428. The Hall–Kier alpha value is 0.150. The summed E-state index contributed by atoms with van der Waals surface area (Å²) in [5, 5.41) is 8.90. The van der Waals surface area contributed by atoms with Crippen molar-refractivity contribution >= 4 is 21.6 Å². The monoisotopic (exact) mass is 217 g/mol. The molecule has 0 bridgehead atoms. The fourth-order valence-electron chi connectivity index (χ4n) is 1.26. The first kappa shape index (κ1) is 11.2. The van der Waals surface area contributed by atoms with Crippen molar-refractivity contribution in [1.29, 1.82) is 5.26 Å². The van der Waals surface area contributed by atoms with Crippen LogP contribution in [0, 0.1) is 11.3 Å². The van der Waals surface area contributed by atoms with Crippen molar-refractivity contribution in [2.75, 3.05) is 6.61 Å². The van der Waals surface area contributed by atoms with E-state index in [0.717, 1.165) is 13.0 Å². The number of nitrogens with zero attached hydrogens (tertiary/aromatic N) is 1. The van der Waals surface area contributed by atoms with Crippen molar-refractivity contribution in [3.63, 3.8) is 0 Å². The molecule has 1 aliphatic rings. The third-order valence-corrected chi connectivity index (χ3v) is 5.47. The highest BCUT2D eigenvalue weighted by molar-refractivity contribution is 8.78. The molecule has 74 valence electrons. The van der Waals surface area contributed by atoms with Gasteiger partial charge in [-0.3, -0.25) is 0 Å². The Morgan fingerprint density at radius 2 is 2.23 bits per heavy atom. The lowest BCUT2D eigenvalue weighted by Gasteiger charge is -2.25. The molecule has 0 aliphatic carbocycles. The molecule has 0 spiro atoms. The number of ether oxygens (including phenoxy) is 1. The molecule has 1 fully saturated rings. The highest BCUT2D eigenvalue weighted by Crippen LogP contribution is 2.51. The smallest absolute Gasteiger partial charge is 0.129 e. The zero-order valence-electron chi connectivity index (χ0n) is 8.24. The maximum Gasteiger partial charge on any atom is 0.129 e. The molecule has 2 nitrogen and oxygen atoms in total. The summed E-state index contributed by atoms with van der Waals surface area (Å²) in [6.07, 6.45) is 1.09. The lowest BCUT2D eigenvalue weighted by atomic mass is 10.0. The van der Waals surface area contributed by atoms with Crippen molar-refractivity contribution in [3.8, 4) is 6.07 Å². The second kappa shape index (κ2) is 4.59. The molecule has 1 rings (SSSR count). The molecular weight excluding hydrogens is 202 g/mol. The van der Waals surface area contributed by atoms with E-state index in [9.17, 15) is 0 Å². The first-order valence-corrected chi connectivity index (χ1v) is 6.69. The van der Waals surface area contributed by atoms with Crippen LogP contribution in [0.1, 0.15) is 27.2 Å². The van der Waals surface area contributed by atoms with Gasteiger partial charge >= 0.3 is 0 Å². The summed E-state index contributed by atoms with van der Waals surface area (Å²) in [5.41, 5.74) is 0. The highest BCUT2D eigenvalue weighted by atomic mass is 33.1. The van der Waals surface area contributed by atoms with Crippen LogP contribution in [-0.4, -0.2) is 22.7 Å². The lowest BCUT2D eigenvalue weighted by Crippen LogP contribution is -2.37. The van der Waals surface area contributed by atoms with E-state index >= 15 is 0 Å². The van der Waals surface area contributed by atoms with E-state index in [0.29, 0.717) is 0 Å². The van der Waals surface area contributed by atoms with Crippen LogP contribution in [0.2, 0.25) is 0 Å². The molecule has 13 heavy (non-hydrogen) atoms. The van der Waals surface area contributed by atoms with E-state index in [4.69, 9.17) is 10.00 Å². The molecule has 4 heteroatoms. The van der Waals surface area contributed by atoms with E-state index in [1.807, 2.05) is 0 Å². The summed E-state index contributed by atoms with van der Waals surface area (Å²) in [6.45, 7) is 7.13. The number of nitriles is 1. The third-order valence-electron chi connectivity index (χ3n) is 1.96. The zero-order valence-corrected chi connectivity index (χ0v) is 9.87. The van der Waals surface area contributed by atoms with E-state index in [2.05, 4.69) is 26.8 Å². The summed E-state index contributed by atoms with van der Waals surface area (Å²) in [7, 11) is 3.40. The SMILES string of the molecule is CCCOC1C(C#N)SSC1(C)C. The second-order valence-corrected chi connectivity index (χ2v) is 6.62. The molecule has 1 saturated heterocycles. The van der Waals surface area contributed by atoms with Crippen LogP contribution in [0.15, 0.2) is 0 Å². The van der Waals surface area contributed by atoms with Crippen molar-refractivity contribution < 1.29 is 4.74 Å². The fourth-order valence-corrected chi connectivity index (χ4v) is 4.33. The molecule has 0 aromatic rings. The Kier molecular flexibility index (Phi) is 3.96. The van der Waals surface area contributed by atoms with Gasteiger partial charge in [0.25, 0.3) is 0 Å². The largest absolute Gasteiger partial charge is 0.374 e. The third kappa shape index (κ3) is 2.55. The molecule has 0 N–H and O–H groups in total. The van der Waals surface area contributed by atoms with Gasteiger partial charge in [-0.15, -0.1) is 0 Å². The Morgan fingerprint density at radius 3 is 2.77 bits per heavy atom. The summed E-state index contributed by atoms with van der Waals surface area (Å²) in [4.78, 5) is 0. The van der Waals surface area contributed by atoms with Gasteiger partial charge in [-0.1, -0.05) is 28.5 Å². The first-order valence-electron chi connectivity index (χ1n) is 4.47. The van der Waals surface area contributed by atoms with Gasteiger partial charge in [-0.05, 0) is 20.3 Å². The Labute approximate surface area is 87.8 Å². The molecule has 0 aromatic heterocycles. The maximum atomic E-state index is 8.90. The van der Waals surface area contributed by atoms with Crippen LogP contribution in [0.4, 0.5) is 0 Å². The summed E-state index contributed by atoms with van der Waals surface area (Å²) in [5.74, 6) is 0. The molecule has 0 radical (unpaired) electrons. The van der Waals surface area contributed by atoms with Gasteiger partial charge in [0.1, 0.15) is 5.25 Å². The van der Waals surface area contributed by atoms with E-state index in [-0.39, 0.29) is 16.1 Å². The average Bonchev–Trinajstić information content (AvgIpc) is 2.37. The Morgan fingerprint density at radius 1 is 1.54 bits per heavy atom. The molecule has 1 heterocycles. The van der Waals surface area contributed by atoms with Gasteiger partial charge in [-0.25, -0.2) is 0 Å². The topological polar surface area (TPSA) is 33.0 Å². The molecule has 0 aromatic carbocycles.